The van der Waals surface area contributed by atoms with E-state index < -0.39 is 0 Å². The first-order chi connectivity index (χ1) is 7.43. The maximum absolute atomic E-state index is 2.28. The fraction of sp³-hybridized carbons (Fsp3) is 0. The molecule has 0 saturated carbocycles. The van der Waals surface area contributed by atoms with Crippen molar-refractivity contribution in [2.75, 3.05) is 0 Å². The molecule has 0 N–H and O–H groups in total. The van der Waals surface area contributed by atoms with Gasteiger partial charge in [-0.25, -0.2) is 0 Å². The molecule has 0 radical (unpaired) electrons. The van der Waals surface area contributed by atoms with Gasteiger partial charge < -0.3 is 0 Å². The number of hydrogen-bond donors (Lipinski definition) is 0. The molecule has 3 aromatic rings. The first-order valence-electron chi connectivity index (χ1n) is 4.60. The Hall–Kier alpha value is -0.900. The van der Waals surface area contributed by atoms with Crippen LogP contribution in [0.1, 0.15) is 0 Å². The lowest BCUT2D eigenvalue weighted by Crippen LogP contribution is -1.62. The van der Waals surface area contributed by atoms with E-state index in [9.17, 15) is 0 Å². The average molecular weight is 248 g/mol. The van der Waals surface area contributed by atoms with E-state index in [1.807, 2.05) is 11.3 Å². The van der Waals surface area contributed by atoms with Gasteiger partial charge in [-0.3, -0.25) is 0 Å². The summed E-state index contributed by atoms with van der Waals surface area (Å²) in [7, 11) is 0. The second kappa shape index (κ2) is 3.93. The fourth-order valence-electron chi connectivity index (χ4n) is 1.46. The van der Waals surface area contributed by atoms with Crippen molar-refractivity contribution in [2.24, 2.45) is 0 Å². The molecular formula is C12H8S3. The Morgan fingerprint density at radius 1 is 0.733 bits per heavy atom. The third-order valence-corrected chi connectivity index (χ3v) is 5.08. The molecule has 3 heteroatoms. The van der Waals surface area contributed by atoms with Crippen LogP contribution in [0.25, 0.3) is 20.2 Å². The van der Waals surface area contributed by atoms with Gasteiger partial charge in [-0.2, -0.15) is 0 Å². The van der Waals surface area contributed by atoms with Crippen molar-refractivity contribution in [3.63, 3.8) is 0 Å². The quantitative estimate of drug-likeness (QED) is 0.584. The monoisotopic (exact) mass is 248 g/mol. The zero-order valence-electron chi connectivity index (χ0n) is 7.84. The Morgan fingerprint density at radius 3 is 2.13 bits per heavy atom. The van der Waals surface area contributed by atoms with E-state index in [4.69, 9.17) is 0 Å². The van der Waals surface area contributed by atoms with Gasteiger partial charge in [0.2, 0.25) is 0 Å². The highest BCUT2D eigenvalue weighted by Crippen LogP contribution is 2.36. The highest BCUT2D eigenvalue weighted by atomic mass is 32.1. The molecular weight excluding hydrogens is 240 g/mol. The fourth-order valence-corrected chi connectivity index (χ4v) is 4.00. The first-order valence-corrected chi connectivity index (χ1v) is 7.24. The molecule has 0 spiro atoms. The van der Waals surface area contributed by atoms with Crippen LogP contribution >= 0.6 is 34.0 Å². The van der Waals surface area contributed by atoms with Gasteiger partial charge in [0.05, 0.1) is 0 Å². The molecule has 0 aliphatic rings. The zero-order valence-corrected chi connectivity index (χ0v) is 10.3. The van der Waals surface area contributed by atoms with Crippen LogP contribution in [0.4, 0.5) is 0 Å². The van der Waals surface area contributed by atoms with Crippen molar-refractivity contribution in [3.8, 4) is 20.2 Å². The second-order valence-electron chi connectivity index (χ2n) is 3.15. The van der Waals surface area contributed by atoms with E-state index in [1.165, 1.54) is 20.2 Å². The minimum atomic E-state index is 1.35. The maximum atomic E-state index is 2.28. The largest absolute Gasteiger partial charge is 0.144 e. The molecule has 0 aromatic carbocycles. The molecule has 0 atom stereocenters. The van der Waals surface area contributed by atoms with Gasteiger partial charge in [0.1, 0.15) is 0 Å². The van der Waals surface area contributed by atoms with Crippen molar-refractivity contribution >= 4 is 34.0 Å². The molecule has 0 unspecified atom stereocenters. The van der Waals surface area contributed by atoms with Crippen LogP contribution in [0.15, 0.2) is 46.5 Å². The van der Waals surface area contributed by atoms with Crippen molar-refractivity contribution < 1.29 is 0 Å². The Kier molecular flexibility index (Phi) is 2.44. The Balaban J connectivity index is 2.02. The summed E-state index contributed by atoms with van der Waals surface area (Å²) >= 11 is 5.42. The standard InChI is InChI=1S/C12H8S3/c1-3-10(13-5-1)9-7-12(15-8-9)11-4-2-6-14-11/h1-8H. The van der Waals surface area contributed by atoms with Crippen molar-refractivity contribution in [1.82, 2.24) is 0 Å². The molecule has 0 amide bonds. The van der Waals surface area contributed by atoms with Crippen molar-refractivity contribution in [2.45, 2.75) is 0 Å². The average Bonchev–Trinajstić information content (AvgIpc) is 3.02. The van der Waals surface area contributed by atoms with Crippen LogP contribution in [0.5, 0.6) is 0 Å². The van der Waals surface area contributed by atoms with Crippen molar-refractivity contribution in [1.29, 1.82) is 0 Å². The van der Waals surface area contributed by atoms with Gasteiger partial charge in [-0.05, 0) is 29.0 Å². The molecule has 0 aliphatic heterocycles. The van der Waals surface area contributed by atoms with Crippen LogP contribution in [0, 0.1) is 0 Å². The van der Waals surface area contributed by atoms with Crippen LogP contribution in [-0.2, 0) is 0 Å². The maximum Gasteiger partial charge on any atom is 0.0449 e. The molecule has 3 rings (SSSR count). The molecule has 3 aromatic heterocycles. The molecule has 0 aliphatic carbocycles. The first kappa shape index (κ1) is 9.33. The second-order valence-corrected chi connectivity index (χ2v) is 5.96. The summed E-state index contributed by atoms with van der Waals surface area (Å²) in [6.45, 7) is 0. The minimum Gasteiger partial charge on any atom is -0.144 e. The SMILES string of the molecule is c1csc(-c2csc(-c3cccs3)c2)c1. The highest BCUT2D eigenvalue weighted by molar-refractivity contribution is 7.21. The number of rotatable bonds is 2. The van der Waals surface area contributed by atoms with Gasteiger partial charge in [0, 0.05) is 25.6 Å². The summed E-state index contributed by atoms with van der Waals surface area (Å²) < 4.78 is 0. The molecule has 0 bridgehead atoms. The lowest BCUT2D eigenvalue weighted by Gasteiger charge is -1.89. The van der Waals surface area contributed by atoms with Gasteiger partial charge in [-0.1, -0.05) is 12.1 Å². The van der Waals surface area contributed by atoms with E-state index in [0.29, 0.717) is 0 Å². The van der Waals surface area contributed by atoms with E-state index in [0.717, 1.165) is 0 Å². The normalized spacial score (nSPS) is 10.7. The van der Waals surface area contributed by atoms with Gasteiger partial charge in [0.15, 0.2) is 0 Å². The summed E-state index contributed by atoms with van der Waals surface area (Å²) in [6, 6.07) is 10.8. The van der Waals surface area contributed by atoms with Crippen molar-refractivity contribution in [3.05, 3.63) is 46.5 Å². The third-order valence-electron chi connectivity index (χ3n) is 2.17. The van der Waals surface area contributed by atoms with Crippen LogP contribution in [0.2, 0.25) is 0 Å². The van der Waals surface area contributed by atoms with Crippen LogP contribution < -0.4 is 0 Å². The molecule has 15 heavy (non-hydrogen) atoms. The van der Waals surface area contributed by atoms with Crippen LogP contribution in [0.3, 0.4) is 0 Å². The topological polar surface area (TPSA) is 0 Å². The zero-order chi connectivity index (χ0) is 10.1. The van der Waals surface area contributed by atoms with Gasteiger partial charge in [0.25, 0.3) is 0 Å². The number of thiophene rings is 3. The summed E-state index contributed by atoms with van der Waals surface area (Å²) in [6.07, 6.45) is 0. The third kappa shape index (κ3) is 1.78. The smallest absolute Gasteiger partial charge is 0.0449 e. The van der Waals surface area contributed by atoms with E-state index in [2.05, 4.69) is 46.5 Å². The highest BCUT2D eigenvalue weighted by Gasteiger charge is 2.05. The minimum absolute atomic E-state index is 1.35. The van der Waals surface area contributed by atoms with Crippen LogP contribution in [-0.4, -0.2) is 0 Å². The summed E-state index contributed by atoms with van der Waals surface area (Å²) in [4.78, 5) is 4.09. The molecule has 3 heterocycles. The predicted molar refractivity (Wildman–Crippen MR) is 70.9 cm³/mol. The lowest BCUT2D eigenvalue weighted by molar-refractivity contribution is 1.87. The molecule has 74 valence electrons. The predicted octanol–water partition coefficient (Wildman–Crippen LogP) is 5.21. The number of hydrogen-bond acceptors (Lipinski definition) is 3. The molecule has 0 nitrogen and oxygen atoms in total. The summed E-state index contributed by atoms with van der Waals surface area (Å²) in [5, 5.41) is 6.48. The lowest BCUT2D eigenvalue weighted by atomic mass is 10.2. The summed E-state index contributed by atoms with van der Waals surface area (Å²) in [5.41, 5.74) is 1.35. The molecule has 0 saturated heterocycles. The summed E-state index contributed by atoms with van der Waals surface area (Å²) in [5.74, 6) is 0. The molecule has 0 fully saturated rings. The van der Waals surface area contributed by atoms with Gasteiger partial charge in [-0.15, -0.1) is 34.0 Å². The Morgan fingerprint density at radius 2 is 1.47 bits per heavy atom. The Bertz CT molecular complexity index is 480. The van der Waals surface area contributed by atoms with E-state index >= 15 is 0 Å². The van der Waals surface area contributed by atoms with E-state index in [-0.39, 0.29) is 0 Å². The Labute approximate surface area is 100 Å². The van der Waals surface area contributed by atoms with Gasteiger partial charge >= 0.3 is 0 Å². The van der Waals surface area contributed by atoms with E-state index in [1.54, 1.807) is 22.7 Å².